The van der Waals surface area contributed by atoms with E-state index in [0.717, 1.165) is 0 Å². The first-order valence-corrected chi connectivity index (χ1v) is 11.1. The van der Waals surface area contributed by atoms with E-state index >= 15 is 0 Å². The van der Waals surface area contributed by atoms with E-state index in [1.54, 1.807) is 24.6 Å². The highest BCUT2D eigenvalue weighted by molar-refractivity contribution is 7.75. The van der Waals surface area contributed by atoms with Crippen LogP contribution in [-0.4, -0.2) is 31.1 Å². The zero-order chi connectivity index (χ0) is 15.7. The molecule has 0 bridgehead atoms. The molecule has 3 heteroatoms. The highest BCUT2D eigenvalue weighted by atomic mass is 31.2. The third kappa shape index (κ3) is 12.9. The molecule has 0 saturated heterocycles. The van der Waals surface area contributed by atoms with Crippen LogP contribution in [0, 0.1) is 0 Å². The van der Waals surface area contributed by atoms with Crippen molar-refractivity contribution in [2.24, 2.45) is 0 Å². The van der Waals surface area contributed by atoms with Crippen molar-refractivity contribution in [3.8, 4) is 0 Å². The molecule has 0 aromatic carbocycles. The summed E-state index contributed by atoms with van der Waals surface area (Å²) in [5, 5.41) is 8.25. The molecule has 0 amide bonds. The van der Waals surface area contributed by atoms with Crippen LogP contribution in [0.25, 0.3) is 0 Å². The number of unbranched alkanes of at least 4 members (excludes halogenated alkanes) is 4. The molecule has 0 rings (SSSR count). The smallest absolute Gasteiger partial charge is 0.0594 e. The molecule has 20 heavy (non-hydrogen) atoms. The first-order valence-electron chi connectivity index (χ1n) is 8.56. The maximum absolute atomic E-state index is 8.25. The fourth-order valence-corrected chi connectivity index (χ4v) is 7.93. The van der Waals surface area contributed by atoms with E-state index < -0.39 is 13.7 Å². The average Bonchev–Trinajstić information content (AvgIpc) is 2.46. The summed E-state index contributed by atoms with van der Waals surface area (Å²) in [6.45, 7) is 8.92. The standard InChI is InChI=1S/C16H36P.CH2O2/c1-5-9-13-17(14-10-6-2,15-11-7-3)16-12-8-4;2-1-3/h5-16H2,1-4H3;1H,(H,2,3)/q+1;/p-1. The summed E-state index contributed by atoms with van der Waals surface area (Å²) in [5.41, 5.74) is 0. The van der Waals surface area contributed by atoms with Crippen LogP contribution in [-0.2, 0) is 4.79 Å². The second kappa shape index (κ2) is 17.0. The van der Waals surface area contributed by atoms with E-state index in [0.29, 0.717) is 0 Å². The number of hydrogen-bond donors (Lipinski definition) is 0. The molecular formula is C17H37O2P. The highest BCUT2D eigenvalue weighted by Crippen LogP contribution is 2.61. The van der Waals surface area contributed by atoms with Gasteiger partial charge in [0.05, 0.1) is 24.6 Å². The monoisotopic (exact) mass is 304 g/mol. The molecule has 0 N–H and O–H groups in total. The molecule has 0 saturated carbocycles. The first kappa shape index (κ1) is 22.2. The highest BCUT2D eigenvalue weighted by Gasteiger charge is 2.34. The summed E-state index contributed by atoms with van der Waals surface area (Å²) in [4.78, 5) is 8.25. The van der Waals surface area contributed by atoms with E-state index in [2.05, 4.69) is 27.7 Å². The molecule has 122 valence electrons. The number of rotatable bonds is 12. The van der Waals surface area contributed by atoms with Gasteiger partial charge in [-0.25, -0.2) is 0 Å². The third-order valence-corrected chi connectivity index (χ3v) is 9.00. The average molecular weight is 304 g/mol. The lowest BCUT2D eigenvalue weighted by atomic mass is 10.4. The minimum atomic E-state index is -0.562. The van der Waals surface area contributed by atoms with Crippen molar-refractivity contribution >= 4 is 13.7 Å². The van der Waals surface area contributed by atoms with E-state index in [1.807, 2.05) is 0 Å². The minimum Gasteiger partial charge on any atom is -0.554 e. The lowest BCUT2D eigenvalue weighted by Gasteiger charge is -2.28. The molecule has 0 aliphatic rings. The van der Waals surface area contributed by atoms with E-state index in [9.17, 15) is 0 Å². The lowest BCUT2D eigenvalue weighted by Crippen LogP contribution is -2.12. The Kier molecular flexibility index (Phi) is 18.8. The summed E-state index contributed by atoms with van der Waals surface area (Å²) in [6.07, 6.45) is 17.9. The lowest BCUT2D eigenvalue weighted by molar-refractivity contribution is -0.283. The van der Waals surface area contributed by atoms with Crippen molar-refractivity contribution in [3.05, 3.63) is 0 Å². The van der Waals surface area contributed by atoms with E-state index in [4.69, 9.17) is 9.90 Å². The van der Waals surface area contributed by atoms with Crippen molar-refractivity contribution in [3.63, 3.8) is 0 Å². The van der Waals surface area contributed by atoms with Crippen LogP contribution in [0.2, 0.25) is 0 Å². The second-order valence-corrected chi connectivity index (χ2v) is 10.2. The van der Waals surface area contributed by atoms with Crippen molar-refractivity contribution < 1.29 is 9.90 Å². The van der Waals surface area contributed by atoms with Crippen LogP contribution in [0.15, 0.2) is 0 Å². The molecule has 0 aliphatic heterocycles. The van der Waals surface area contributed by atoms with Gasteiger partial charge in [-0.15, -0.1) is 0 Å². The minimum absolute atomic E-state index is 0.500. The van der Waals surface area contributed by atoms with Gasteiger partial charge in [-0.05, 0) is 25.7 Å². The van der Waals surface area contributed by atoms with Crippen LogP contribution < -0.4 is 5.11 Å². The molecule has 0 heterocycles. The quantitative estimate of drug-likeness (QED) is 0.391. The van der Waals surface area contributed by atoms with Crippen LogP contribution in [0.4, 0.5) is 0 Å². The topological polar surface area (TPSA) is 40.1 Å². The van der Waals surface area contributed by atoms with Gasteiger partial charge in [0.25, 0.3) is 0 Å². The zero-order valence-electron chi connectivity index (χ0n) is 14.3. The van der Waals surface area contributed by atoms with Gasteiger partial charge >= 0.3 is 0 Å². The Morgan fingerprint density at radius 2 is 0.900 bits per heavy atom. The van der Waals surface area contributed by atoms with E-state index in [1.165, 1.54) is 51.4 Å². The predicted octanol–water partition coefficient (Wildman–Crippen LogP) is 4.57. The third-order valence-electron chi connectivity index (χ3n) is 3.94. The number of carbonyl (C=O) groups is 1. The molecule has 2 nitrogen and oxygen atoms in total. The Morgan fingerprint density at radius 1 is 0.700 bits per heavy atom. The number of carboxylic acid groups (broad SMARTS) is 1. The predicted molar refractivity (Wildman–Crippen MR) is 92.1 cm³/mol. The maximum Gasteiger partial charge on any atom is 0.0594 e. The van der Waals surface area contributed by atoms with Crippen molar-refractivity contribution in [1.29, 1.82) is 0 Å². The molecule has 0 atom stereocenters. The SMILES string of the molecule is CCCC[P+](CCCC)(CCCC)CCCC.O=C[O-]. The maximum atomic E-state index is 8.25. The normalized spacial score (nSPS) is 10.8. The fraction of sp³-hybridized carbons (Fsp3) is 0.941. The van der Waals surface area contributed by atoms with Crippen LogP contribution in [0.5, 0.6) is 0 Å². The summed E-state index contributed by atoms with van der Waals surface area (Å²) in [6, 6.07) is 0. The largest absolute Gasteiger partial charge is 0.554 e. The van der Waals surface area contributed by atoms with Crippen LogP contribution in [0.3, 0.4) is 0 Å². The molecule has 0 radical (unpaired) electrons. The van der Waals surface area contributed by atoms with Crippen LogP contribution in [0.1, 0.15) is 79.1 Å². The summed E-state index contributed by atoms with van der Waals surface area (Å²) >= 11 is 0. The van der Waals surface area contributed by atoms with Crippen molar-refractivity contribution in [1.82, 2.24) is 0 Å². The Balaban J connectivity index is 0. The van der Waals surface area contributed by atoms with Gasteiger partial charge in [0.2, 0.25) is 0 Å². The Morgan fingerprint density at radius 3 is 1.05 bits per heavy atom. The van der Waals surface area contributed by atoms with E-state index in [-0.39, 0.29) is 0 Å². The first-order chi connectivity index (χ1) is 9.66. The number of carbonyl (C=O) groups excluding carboxylic acids is 1. The Bertz CT molecular complexity index is 158. The van der Waals surface area contributed by atoms with Gasteiger partial charge < -0.3 is 9.90 Å². The molecule has 0 spiro atoms. The zero-order valence-corrected chi connectivity index (χ0v) is 15.2. The van der Waals surface area contributed by atoms with Gasteiger partial charge in [-0.1, -0.05) is 53.4 Å². The molecular weight excluding hydrogens is 267 g/mol. The van der Waals surface area contributed by atoms with Gasteiger partial charge in [-0.3, -0.25) is 0 Å². The Labute approximate surface area is 128 Å². The van der Waals surface area contributed by atoms with Gasteiger partial charge in [0.1, 0.15) is 0 Å². The molecule has 0 aliphatic carbocycles. The van der Waals surface area contributed by atoms with Crippen molar-refractivity contribution in [2.75, 3.05) is 24.6 Å². The van der Waals surface area contributed by atoms with Crippen LogP contribution >= 0.6 is 7.26 Å². The molecule has 0 fully saturated rings. The molecule has 0 aromatic heterocycles. The summed E-state index contributed by atoms with van der Waals surface area (Å²) in [5.74, 6) is 0. The molecule has 0 aromatic rings. The van der Waals surface area contributed by atoms with Crippen molar-refractivity contribution in [2.45, 2.75) is 79.1 Å². The number of hydrogen-bond acceptors (Lipinski definition) is 2. The Hall–Kier alpha value is -0.100. The molecule has 0 unspecified atom stereocenters. The van der Waals surface area contributed by atoms with Gasteiger partial charge in [0.15, 0.2) is 0 Å². The summed E-state index contributed by atoms with van der Waals surface area (Å²) in [7, 11) is -0.562. The second-order valence-electron chi connectivity index (χ2n) is 5.75. The van der Waals surface area contributed by atoms with Gasteiger partial charge in [-0.2, -0.15) is 0 Å². The summed E-state index contributed by atoms with van der Waals surface area (Å²) < 4.78 is 0. The van der Waals surface area contributed by atoms with Gasteiger partial charge in [0, 0.05) is 13.7 Å². The fourth-order valence-electron chi connectivity index (χ4n) is 2.64.